The maximum atomic E-state index is 9.29. The zero-order valence-corrected chi connectivity index (χ0v) is 9.25. The minimum atomic E-state index is -0.249. The van der Waals surface area contributed by atoms with E-state index in [4.69, 9.17) is 5.11 Å². The standard InChI is InChI=1S/C14H10O4/c15-11-5-10(6-12(16)8-11)2-1-9-3-4-13(17)14(18)7-9/h3-8,15-18H. The molecule has 0 saturated carbocycles. The minimum Gasteiger partial charge on any atom is -0.508 e. The van der Waals surface area contributed by atoms with Gasteiger partial charge in [-0.2, -0.15) is 0 Å². The molecule has 0 aliphatic carbocycles. The molecule has 2 rings (SSSR count). The molecule has 2 aromatic carbocycles. The maximum Gasteiger partial charge on any atom is 0.158 e. The van der Waals surface area contributed by atoms with Crippen molar-refractivity contribution in [1.82, 2.24) is 0 Å². The normalized spacial score (nSPS) is 9.56. The number of hydrogen-bond donors (Lipinski definition) is 4. The Bertz CT molecular complexity index is 630. The predicted molar refractivity (Wildman–Crippen MR) is 65.5 cm³/mol. The average Bonchev–Trinajstić information content (AvgIpc) is 2.29. The summed E-state index contributed by atoms with van der Waals surface area (Å²) in [5.74, 6) is 4.85. The Morgan fingerprint density at radius 2 is 1.22 bits per heavy atom. The van der Waals surface area contributed by atoms with E-state index in [9.17, 15) is 15.3 Å². The third kappa shape index (κ3) is 2.66. The van der Waals surface area contributed by atoms with E-state index in [1.54, 1.807) is 6.07 Å². The lowest BCUT2D eigenvalue weighted by molar-refractivity contribution is 0.403. The first-order chi connectivity index (χ1) is 8.54. The molecule has 0 aliphatic heterocycles. The van der Waals surface area contributed by atoms with Gasteiger partial charge in [0.05, 0.1) is 0 Å². The van der Waals surface area contributed by atoms with Gasteiger partial charge < -0.3 is 20.4 Å². The van der Waals surface area contributed by atoms with Gasteiger partial charge in [-0.25, -0.2) is 0 Å². The van der Waals surface area contributed by atoms with Crippen molar-refractivity contribution in [3.63, 3.8) is 0 Å². The zero-order chi connectivity index (χ0) is 13.1. The van der Waals surface area contributed by atoms with Crippen LogP contribution in [0.25, 0.3) is 0 Å². The van der Waals surface area contributed by atoms with Crippen LogP contribution in [0.1, 0.15) is 11.1 Å². The van der Waals surface area contributed by atoms with Gasteiger partial charge in [-0.3, -0.25) is 0 Å². The van der Waals surface area contributed by atoms with Gasteiger partial charge >= 0.3 is 0 Å². The third-order valence-electron chi connectivity index (χ3n) is 2.23. The lowest BCUT2D eigenvalue weighted by atomic mass is 10.1. The summed E-state index contributed by atoms with van der Waals surface area (Å²) >= 11 is 0. The Hall–Kier alpha value is -2.80. The lowest BCUT2D eigenvalue weighted by Gasteiger charge is -1.97. The van der Waals surface area contributed by atoms with Crippen molar-refractivity contribution in [3.05, 3.63) is 47.5 Å². The van der Waals surface area contributed by atoms with E-state index in [-0.39, 0.29) is 23.0 Å². The van der Waals surface area contributed by atoms with Crippen LogP contribution in [0.2, 0.25) is 0 Å². The maximum absolute atomic E-state index is 9.29. The molecule has 0 spiro atoms. The van der Waals surface area contributed by atoms with Gasteiger partial charge in [0, 0.05) is 17.2 Å². The van der Waals surface area contributed by atoms with E-state index in [0.29, 0.717) is 11.1 Å². The van der Waals surface area contributed by atoms with E-state index < -0.39 is 0 Å². The van der Waals surface area contributed by atoms with Crippen LogP contribution >= 0.6 is 0 Å². The third-order valence-corrected chi connectivity index (χ3v) is 2.23. The van der Waals surface area contributed by atoms with Crippen LogP contribution in [0.3, 0.4) is 0 Å². The molecule has 4 heteroatoms. The summed E-state index contributed by atoms with van der Waals surface area (Å²) in [6.07, 6.45) is 0. The monoisotopic (exact) mass is 242 g/mol. The molecule has 0 fully saturated rings. The van der Waals surface area contributed by atoms with E-state index >= 15 is 0 Å². The Labute approximate surface area is 103 Å². The second-order valence-corrected chi connectivity index (χ2v) is 3.69. The van der Waals surface area contributed by atoms with Crippen LogP contribution < -0.4 is 0 Å². The van der Waals surface area contributed by atoms with E-state index in [0.717, 1.165) is 0 Å². The highest BCUT2D eigenvalue weighted by Gasteiger charge is 1.99. The molecular formula is C14H10O4. The Morgan fingerprint density at radius 1 is 0.611 bits per heavy atom. The predicted octanol–water partition coefficient (Wildman–Crippen LogP) is 1.91. The first-order valence-corrected chi connectivity index (χ1v) is 5.11. The van der Waals surface area contributed by atoms with Crippen molar-refractivity contribution in [3.8, 4) is 34.8 Å². The number of phenols is 4. The largest absolute Gasteiger partial charge is 0.508 e. The highest BCUT2D eigenvalue weighted by Crippen LogP contribution is 2.24. The van der Waals surface area contributed by atoms with Gasteiger partial charge in [0.2, 0.25) is 0 Å². The molecule has 0 radical (unpaired) electrons. The van der Waals surface area contributed by atoms with Crippen molar-refractivity contribution in [1.29, 1.82) is 0 Å². The van der Waals surface area contributed by atoms with Gasteiger partial charge in [0.15, 0.2) is 11.5 Å². The Morgan fingerprint density at radius 3 is 1.83 bits per heavy atom. The van der Waals surface area contributed by atoms with E-state index in [2.05, 4.69) is 11.8 Å². The van der Waals surface area contributed by atoms with Gasteiger partial charge in [0.1, 0.15) is 11.5 Å². The van der Waals surface area contributed by atoms with Gasteiger partial charge in [0.25, 0.3) is 0 Å². The van der Waals surface area contributed by atoms with Crippen molar-refractivity contribution < 1.29 is 20.4 Å². The number of rotatable bonds is 0. The highest BCUT2D eigenvalue weighted by molar-refractivity contribution is 5.51. The van der Waals surface area contributed by atoms with E-state index in [1.807, 2.05) is 0 Å². The Balaban J connectivity index is 2.33. The Kier molecular flexibility index (Phi) is 2.98. The average molecular weight is 242 g/mol. The fourth-order valence-corrected chi connectivity index (χ4v) is 1.41. The molecule has 90 valence electrons. The second-order valence-electron chi connectivity index (χ2n) is 3.69. The van der Waals surface area contributed by atoms with Crippen LogP contribution in [0.15, 0.2) is 36.4 Å². The van der Waals surface area contributed by atoms with E-state index in [1.165, 1.54) is 30.3 Å². The summed E-state index contributed by atoms with van der Waals surface area (Å²) < 4.78 is 0. The summed E-state index contributed by atoms with van der Waals surface area (Å²) in [7, 11) is 0. The van der Waals surface area contributed by atoms with Crippen LogP contribution in [-0.4, -0.2) is 20.4 Å². The van der Waals surface area contributed by atoms with Crippen LogP contribution in [-0.2, 0) is 0 Å². The summed E-state index contributed by atoms with van der Waals surface area (Å²) in [6.45, 7) is 0. The van der Waals surface area contributed by atoms with Crippen molar-refractivity contribution in [2.45, 2.75) is 0 Å². The molecule has 0 unspecified atom stereocenters. The number of hydrogen-bond acceptors (Lipinski definition) is 4. The topological polar surface area (TPSA) is 80.9 Å². The lowest BCUT2D eigenvalue weighted by Crippen LogP contribution is -1.77. The van der Waals surface area contributed by atoms with Crippen molar-refractivity contribution in [2.75, 3.05) is 0 Å². The van der Waals surface area contributed by atoms with Gasteiger partial charge in [-0.15, -0.1) is 0 Å². The number of aromatic hydroxyl groups is 4. The first kappa shape index (κ1) is 11.7. The van der Waals surface area contributed by atoms with Crippen LogP contribution in [0.4, 0.5) is 0 Å². The van der Waals surface area contributed by atoms with Crippen LogP contribution in [0.5, 0.6) is 23.0 Å². The minimum absolute atomic E-state index is 0.0761. The summed E-state index contributed by atoms with van der Waals surface area (Å²) in [5.41, 5.74) is 0.952. The molecule has 0 atom stereocenters. The fraction of sp³-hybridized carbons (Fsp3) is 0. The molecule has 0 bridgehead atoms. The molecule has 0 amide bonds. The van der Waals surface area contributed by atoms with Gasteiger partial charge in [-0.1, -0.05) is 11.8 Å². The summed E-state index contributed by atoms with van der Waals surface area (Å²) in [4.78, 5) is 0. The molecular weight excluding hydrogens is 232 g/mol. The smallest absolute Gasteiger partial charge is 0.158 e. The zero-order valence-electron chi connectivity index (χ0n) is 9.25. The molecule has 4 N–H and O–H groups in total. The second kappa shape index (κ2) is 4.60. The van der Waals surface area contributed by atoms with Crippen molar-refractivity contribution >= 4 is 0 Å². The molecule has 0 aromatic heterocycles. The molecule has 4 nitrogen and oxygen atoms in total. The molecule has 2 aromatic rings. The first-order valence-electron chi connectivity index (χ1n) is 5.11. The van der Waals surface area contributed by atoms with Gasteiger partial charge in [-0.05, 0) is 30.3 Å². The number of phenolic OH excluding ortho intramolecular Hbond substituents is 4. The highest BCUT2D eigenvalue weighted by atomic mass is 16.3. The SMILES string of the molecule is Oc1cc(O)cc(C#Cc2ccc(O)c(O)c2)c1. The molecule has 18 heavy (non-hydrogen) atoms. The van der Waals surface area contributed by atoms with Crippen molar-refractivity contribution in [2.24, 2.45) is 0 Å². The molecule has 0 heterocycles. The molecule has 0 aliphatic rings. The fourth-order valence-electron chi connectivity index (χ4n) is 1.41. The molecule has 0 saturated heterocycles. The number of benzene rings is 2. The summed E-state index contributed by atoms with van der Waals surface area (Å²) in [6, 6.07) is 8.23. The quantitative estimate of drug-likeness (QED) is 0.420. The van der Waals surface area contributed by atoms with Crippen LogP contribution in [0, 0.1) is 11.8 Å². The summed E-state index contributed by atoms with van der Waals surface area (Å²) in [5, 5.41) is 37.0.